The molecule has 0 atom stereocenters. The van der Waals surface area contributed by atoms with Gasteiger partial charge in [0.15, 0.2) is 16.6 Å². The molecule has 0 aliphatic heterocycles. The molecule has 2 heterocycles. The molecule has 0 aliphatic rings. The molecule has 0 spiro atoms. The van der Waals surface area contributed by atoms with Gasteiger partial charge in [-0.3, -0.25) is 4.98 Å². The van der Waals surface area contributed by atoms with Gasteiger partial charge in [0.25, 0.3) is 0 Å². The van der Waals surface area contributed by atoms with Crippen molar-refractivity contribution in [1.82, 2.24) is 9.36 Å². The van der Waals surface area contributed by atoms with Gasteiger partial charge in [-0.05, 0) is 29.2 Å². The Hall–Kier alpha value is -1.82. The maximum atomic E-state index is 5.72. The number of pyridine rings is 1. The zero-order chi connectivity index (χ0) is 12.3. The molecule has 90 valence electrons. The smallest absolute Gasteiger partial charge is 0.197 e. The fourth-order valence-electron chi connectivity index (χ4n) is 1.55. The van der Waals surface area contributed by atoms with Crippen molar-refractivity contribution >= 4 is 22.4 Å². The predicted octanol–water partition coefficient (Wildman–Crippen LogP) is 1.77. The van der Waals surface area contributed by atoms with Crippen molar-refractivity contribution < 1.29 is 4.74 Å². The van der Waals surface area contributed by atoms with E-state index in [9.17, 15) is 0 Å². The Morgan fingerprint density at radius 3 is 2.76 bits per heavy atom. The fraction of sp³-hybridized carbons (Fsp3) is 0.273. The van der Waals surface area contributed by atoms with Crippen molar-refractivity contribution in [1.29, 1.82) is 0 Å². The van der Waals surface area contributed by atoms with Crippen LogP contribution in [0, 0.1) is 0 Å². The van der Waals surface area contributed by atoms with Crippen molar-refractivity contribution in [3.05, 3.63) is 30.1 Å². The Labute approximate surface area is 104 Å². The second kappa shape index (κ2) is 5.01. The lowest BCUT2D eigenvalue weighted by molar-refractivity contribution is 0.418. The number of hydrogen-bond donors (Lipinski definition) is 1. The molecule has 0 fully saturated rings. The Kier molecular flexibility index (Phi) is 3.43. The highest BCUT2D eigenvalue weighted by Crippen LogP contribution is 2.37. The SMILES string of the molecule is COc1c(N)nsc1N(C)Cc1ccncc1. The number of nitrogens with zero attached hydrogens (tertiary/aromatic N) is 3. The number of rotatable bonds is 4. The summed E-state index contributed by atoms with van der Waals surface area (Å²) < 4.78 is 9.33. The van der Waals surface area contributed by atoms with Crippen LogP contribution in [-0.4, -0.2) is 23.5 Å². The summed E-state index contributed by atoms with van der Waals surface area (Å²) in [5.41, 5.74) is 6.90. The van der Waals surface area contributed by atoms with Crippen LogP contribution in [0.3, 0.4) is 0 Å². The number of nitrogens with two attached hydrogens (primary N) is 1. The third-order valence-corrected chi connectivity index (χ3v) is 3.34. The first-order valence-electron chi connectivity index (χ1n) is 5.11. The average Bonchev–Trinajstić information content (AvgIpc) is 2.71. The average molecular weight is 250 g/mol. The predicted molar refractivity (Wildman–Crippen MR) is 69.4 cm³/mol. The summed E-state index contributed by atoms with van der Waals surface area (Å²) >= 11 is 1.34. The minimum atomic E-state index is 0.439. The third kappa shape index (κ3) is 2.47. The zero-order valence-corrected chi connectivity index (χ0v) is 10.6. The highest BCUT2D eigenvalue weighted by atomic mass is 32.1. The molecule has 0 unspecified atom stereocenters. The van der Waals surface area contributed by atoms with E-state index in [0.29, 0.717) is 11.6 Å². The number of nitrogen functional groups attached to an aromatic ring is 1. The first-order chi connectivity index (χ1) is 8.22. The first kappa shape index (κ1) is 11.7. The number of ether oxygens (including phenoxy) is 1. The molecular formula is C11H14N4OS. The quantitative estimate of drug-likeness (QED) is 0.895. The van der Waals surface area contributed by atoms with Crippen molar-refractivity contribution in [2.45, 2.75) is 6.54 Å². The maximum Gasteiger partial charge on any atom is 0.197 e. The lowest BCUT2D eigenvalue weighted by Gasteiger charge is -2.17. The molecular weight excluding hydrogens is 236 g/mol. The van der Waals surface area contributed by atoms with Gasteiger partial charge in [0.1, 0.15) is 0 Å². The molecule has 2 N–H and O–H groups in total. The van der Waals surface area contributed by atoms with Crippen LogP contribution in [0.2, 0.25) is 0 Å². The third-order valence-electron chi connectivity index (χ3n) is 2.38. The van der Waals surface area contributed by atoms with Gasteiger partial charge in [-0.2, -0.15) is 4.37 Å². The van der Waals surface area contributed by atoms with E-state index in [1.165, 1.54) is 17.1 Å². The van der Waals surface area contributed by atoms with Crippen LogP contribution < -0.4 is 15.4 Å². The van der Waals surface area contributed by atoms with Gasteiger partial charge in [-0.25, -0.2) is 0 Å². The standard InChI is InChI=1S/C11H14N4OS/c1-15(7-8-3-5-13-6-4-8)11-9(16-2)10(12)14-17-11/h3-6H,7H2,1-2H3,(H2,12,14). The molecule has 0 bridgehead atoms. The van der Waals surface area contributed by atoms with Crippen molar-refractivity contribution in [3.63, 3.8) is 0 Å². The Morgan fingerprint density at radius 1 is 1.41 bits per heavy atom. The van der Waals surface area contributed by atoms with Gasteiger partial charge in [0.05, 0.1) is 7.11 Å². The fourth-order valence-corrected chi connectivity index (χ4v) is 2.30. The van der Waals surface area contributed by atoms with Crippen LogP contribution >= 0.6 is 11.5 Å². The van der Waals surface area contributed by atoms with Gasteiger partial charge >= 0.3 is 0 Å². The Balaban J connectivity index is 2.17. The van der Waals surface area contributed by atoms with Crippen molar-refractivity contribution in [3.8, 4) is 5.75 Å². The second-order valence-electron chi connectivity index (χ2n) is 3.62. The summed E-state index contributed by atoms with van der Waals surface area (Å²) in [5.74, 6) is 1.08. The summed E-state index contributed by atoms with van der Waals surface area (Å²) in [6.07, 6.45) is 3.56. The molecule has 6 heteroatoms. The Morgan fingerprint density at radius 2 is 2.12 bits per heavy atom. The van der Waals surface area contributed by atoms with Gasteiger partial charge in [-0.1, -0.05) is 0 Å². The van der Waals surface area contributed by atoms with Gasteiger partial charge in [-0.15, -0.1) is 0 Å². The summed E-state index contributed by atoms with van der Waals surface area (Å²) in [6, 6.07) is 3.96. The number of aromatic nitrogens is 2. The minimum Gasteiger partial charge on any atom is -0.490 e. The number of methoxy groups -OCH3 is 1. The van der Waals surface area contributed by atoms with E-state index in [0.717, 1.165) is 11.5 Å². The van der Waals surface area contributed by atoms with Crippen LogP contribution in [0.15, 0.2) is 24.5 Å². The lowest BCUT2D eigenvalue weighted by Crippen LogP contribution is -2.15. The maximum absolute atomic E-state index is 5.72. The normalized spacial score (nSPS) is 10.2. The first-order valence-corrected chi connectivity index (χ1v) is 5.89. The molecule has 0 saturated heterocycles. The van der Waals surface area contributed by atoms with E-state index in [1.807, 2.05) is 19.2 Å². The van der Waals surface area contributed by atoms with Crippen LogP contribution in [0.4, 0.5) is 10.8 Å². The number of hydrogen-bond acceptors (Lipinski definition) is 6. The molecule has 2 rings (SSSR count). The molecule has 0 saturated carbocycles. The second-order valence-corrected chi connectivity index (χ2v) is 4.37. The zero-order valence-electron chi connectivity index (χ0n) is 9.75. The lowest BCUT2D eigenvalue weighted by atomic mass is 10.2. The van der Waals surface area contributed by atoms with Gasteiger partial charge in [0.2, 0.25) is 0 Å². The minimum absolute atomic E-state index is 0.439. The number of anilines is 2. The summed E-state index contributed by atoms with van der Waals surface area (Å²) in [4.78, 5) is 6.05. The molecule has 17 heavy (non-hydrogen) atoms. The summed E-state index contributed by atoms with van der Waals surface area (Å²) in [6.45, 7) is 0.764. The monoisotopic (exact) mass is 250 g/mol. The molecule has 2 aromatic rings. The topological polar surface area (TPSA) is 64.3 Å². The van der Waals surface area contributed by atoms with E-state index < -0.39 is 0 Å². The molecule has 0 aliphatic carbocycles. The van der Waals surface area contributed by atoms with Crippen LogP contribution in [0.1, 0.15) is 5.56 Å². The van der Waals surface area contributed by atoms with E-state index in [1.54, 1.807) is 19.5 Å². The molecule has 2 aromatic heterocycles. The van der Waals surface area contributed by atoms with Crippen molar-refractivity contribution in [2.75, 3.05) is 24.8 Å². The van der Waals surface area contributed by atoms with E-state index in [-0.39, 0.29) is 0 Å². The summed E-state index contributed by atoms with van der Waals surface area (Å²) in [7, 11) is 3.58. The van der Waals surface area contributed by atoms with Crippen LogP contribution in [0.25, 0.3) is 0 Å². The van der Waals surface area contributed by atoms with E-state index in [4.69, 9.17) is 10.5 Å². The highest BCUT2D eigenvalue weighted by molar-refractivity contribution is 7.11. The molecule has 5 nitrogen and oxygen atoms in total. The molecule has 0 radical (unpaired) electrons. The van der Waals surface area contributed by atoms with Crippen LogP contribution in [-0.2, 0) is 6.54 Å². The van der Waals surface area contributed by atoms with E-state index in [2.05, 4.69) is 14.3 Å². The van der Waals surface area contributed by atoms with E-state index >= 15 is 0 Å². The largest absolute Gasteiger partial charge is 0.490 e. The van der Waals surface area contributed by atoms with Gasteiger partial charge in [0, 0.05) is 26.0 Å². The molecule has 0 amide bonds. The summed E-state index contributed by atoms with van der Waals surface area (Å²) in [5, 5.41) is 0.932. The molecule has 0 aromatic carbocycles. The highest BCUT2D eigenvalue weighted by Gasteiger charge is 2.15. The van der Waals surface area contributed by atoms with Crippen LogP contribution in [0.5, 0.6) is 5.75 Å². The van der Waals surface area contributed by atoms with Gasteiger partial charge < -0.3 is 15.4 Å². The van der Waals surface area contributed by atoms with Crippen molar-refractivity contribution in [2.24, 2.45) is 0 Å². The Bertz CT molecular complexity index is 485.